The van der Waals surface area contributed by atoms with Gasteiger partial charge in [-0.15, -0.1) is 0 Å². The van der Waals surface area contributed by atoms with Crippen LogP contribution in [0.25, 0.3) is 0 Å². The number of carbonyl (C=O) groups excluding carboxylic acids is 1. The number of halogens is 1. The van der Waals surface area contributed by atoms with Crippen LogP contribution >= 0.6 is 0 Å². The fraction of sp³-hybridized carbons (Fsp3) is 0.529. The Balaban J connectivity index is 1.61. The fourth-order valence-electron chi connectivity index (χ4n) is 3.07. The molecule has 1 saturated heterocycles. The van der Waals surface area contributed by atoms with Crippen LogP contribution in [0.15, 0.2) is 18.2 Å². The van der Waals surface area contributed by atoms with Gasteiger partial charge in [0.05, 0.1) is 5.69 Å². The average molecular weight is 317 g/mol. The smallest absolute Gasteiger partial charge is 0.249 e. The summed E-state index contributed by atoms with van der Waals surface area (Å²) in [6.07, 6.45) is 2.28. The second kappa shape index (κ2) is 6.55. The summed E-state index contributed by atoms with van der Waals surface area (Å²) in [6, 6.07) is 6.76. The van der Waals surface area contributed by atoms with Crippen LogP contribution in [0.3, 0.4) is 0 Å². The lowest BCUT2D eigenvalue weighted by molar-refractivity contribution is -0.132. The molecule has 0 aromatic heterocycles. The number of nitrogens with one attached hydrogen (secondary N) is 1. The number of aliphatic hydroxyl groups excluding tert-OH is 1. The standard InChI is InChI=1S/C17H20FN3O2/c18-14-2-1-3-15(13(14)10-19)21-8-6-11(7-9-21)16(22)17(23)20-12-4-5-12/h1-3,11-12,16,22H,4-9H2,(H,20,23)/t16-/m1/s1. The van der Waals surface area contributed by atoms with E-state index in [-0.39, 0.29) is 23.4 Å². The van der Waals surface area contributed by atoms with E-state index < -0.39 is 11.9 Å². The molecule has 5 nitrogen and oxygen atoms in total. The van der Waals surface area contributed by atoms with E-state index in [1.165, 1.54) is 6.07 Å². The van der Waals surface area contributed by atoms with Crippen LogP contribution in [0.5, 0.6) is 0 Å². The zero-order valence-electron chi connectivity index (χ0n) is 12.8. The molecule has 1 atom stereocenters. The van der Waals surface area contributed by atoms with Gasteiger partial charge in [-0.2, -0.15) is 5.26 Å². The van der Waals surface area contributed by atoms with E-state index in [9.17, 15) is 14.3 Å². The molecule has 1 saturated carbocycles. The molecule has 2 N–H and O–H groups in total. The van der Waals surface area contributed by atoms with Gasteiger partial charge in [0.2, 0.25) is 5.91 Å². The van der Waals surface area contributed by atoms with E-state index in [1.54, 1.807) is 12.1 Å². The fourth-order valence-corrected chi connectivity index (χ4v) is 3.07. The molecule has 2 fully saturated rings. The van der Waals surface area contributed by atoms with Crippen LogP contribution in [0.2, 0.25) is 0 Å². The number of nitrogens with zero attached hydrogens (tertiary/aromatic N) is 2. The quantitative estimate of drug-likeness (QED) is 0.883. The van der Waals surface area contributed by atoms with Crippen molar-refractivity contribution in [3.05, 3.63) is 29.6 Å². The first-order chi connectivity index (χ1) is 11.1. The second-order valence-electron chi connectivity index (χ2n) is 6.30. The number of piperidine rings is 1. The van der Waals surface area contributed by atoms with Gasteiger partial charge in [-0.25, -0.2) is 4.39 Å². The van der Waals surface area contributed by atoms with Crippen molar-refractivity contribution in [3.63, 3.8) is 0 Å². The number of aliphatic hydroxyl groups is 1. The van der Waals surface area contributed by atoms with Crippen molar-refractivity contribution in [2.75, 3.05) is 18.0 Å². The minimum atomic E-state index is -0.985. The average Bonchev–Trinajstić information content (AvgIpc) is 3.38. The summed E-state index contributed by atoms with van der Waals surface area (Å²) in [5.74, 6) is -0.894. The molecule has 1 aliphatic carbocycles. The largest absolute Gasteiger partial charge is 0.383 e. The van der Waals surface area contributed by atoms with Crippen molar-refractivity contribution in [2.24, 2.45) is 5.92 Å². The zero-order valence-corrected chi connectivity index (χ0v) is 12.8. The van der Waals surface area contributed by atoms with Gasteiger partial charge in [-0.1, -0.05) is 6.07 Å². The Bertz CT molecular complexity index is 631. The molecular weight excluding hydrogens is 297 g/mol. The summed E-state index contributed by atoms with van der Waals surface area (Å²) in [6.45, 7) is 1.19. The van der Waals surface area contributed by atoms with Gasteiger partial charge in [-0.05, 0) is 43.7 Å². The van der Waals surface area contributed by atoms with Crippen LogP contribution in [0.4, 0.5) is 10.1 Å². The Kier molecular flexibility index (Phi) is 4.49. The molecule has 1 aromatic carbocycles. The summed E-state index contributed by atoms with van der Waals surface area (Å²) < 4.78 is 13.7. The maximum absolute atomic E-state index is 13.7. The number of rotatable bonds is 4. The number of amides is 1. The Hall–Kier alpha value is -2.13. The number of anilines is 1. The highest BCUT2D eigenvalue weighted by atomic mass is 19.1. The first-order valence-corrected chi connectivity index (χ1v) is 8.02. The Morgan fingerprint density at radius 3 is 2.65 bits per heavy atom. The normalized spacial score (nSPS) is 20.0. The van der Waals surface area contributed by atoms with E-state index in [0.29, 0.717) is 31.6 Å². The van der Waals surface area contributed by atoms with Crippen molar-refractivity contribution < 1.29 is 14.3 Å². The summed E-state index contributed by atoms with van der Waals surface area (Å²) in [5, 5.41) is 22.1. The van der Waals surface area contributed by atoms with Crippen LogP contribution in [-0.2, 0) is 4.79 Å². The van der Waals surface area contributed by atoms with Gasteiger partial charge in [0, 0.05) is 19.1 Å². The monoisotopic (exact) mass is 317 g/mol. The first kappa shape index (κ1) is 15.8. The highest BCUT2D eigenvalue weighted by Crippen LogP contribution is 2.29. The molecule has 1 aliphatic heterocycles. The van der Waals surface area contributed by atoms with Crippen LogP contribution in [0.1, 0.15) is 31.2 Å². The van der Waals surface area contributed by atoms with Crippen LogP contribution < -0.4 is 10.2 Å². The molecule has 0 bridgehead atoms. The molecule has 1 heterocycles. The molecule has 122 valence electrons. The van der Waals surface area contributed by atoms with E-state index in [4.69, 9.17) is 5.26 Å². The predicted octanol–water partition coefficient (Wildman–Crippen LogP) is 1.55. The third-order valence-corrected chi connectivity index (χ3v) is 4.62. The predicted molar refractivity (Wildman–Crippen MR) is 83.2 cm³/mol. The Labute approximate surface area is 134 Å². The first-order valence-electron chi connectivity index (χ1n) is 8.02. The number of benzene rings is 1. The lowest BCUT2D eigenvalue weighted by Gasteiger charge is -2.35. The minimum absolute atomic E-state index is 0.0537. The molecule has 0 spiro atoms. The molecule has 3 rings (SSSR count). The number of hydrogen-bond acceptors (Lipinski definition) is 4. The molecular formula is C17H20FN3O2. The molecule has 1 amide bonds. The molecule has 2 aliphatic rings. The van der Waals surface area contributed by atoms with E-state index in [2.05, 4.69) is 5.32 Å². The molecule has 0 unspecified atom stereocenters. The highest BCUT2D eigenvalue weighted by Gasteiger charge is 2.33. The van der Waals surface area contributed by atoms with Gasteiger partial charge in [0.1, 0.15) is 23.6 Å². The van der Waals surface area contributed by atoms with Crippen LogP contribution in [0, 0.1) is 23.1 Å². The number of nitriles is 1. The lowest BCUT2D eigenvalue weighted by Crippen LogP contribution is -2.45. The topological polar surface area (TPSA) is 76.4 Å². The van der Waals surface area contributed by atoms with Crippen LogP contribution in [-0.4, -0.2) is 36.2 Å². The summed E-state index contributed by atoms with van der Waals surface area (Å²) >= 11 is 0. The third-order valence-electron chi connectivity index (χ3n) is 4.62. The lowest BCUT2D eigenvalue weighted by atomic mass is 9.90. The highest BCUT2D eigenvalue weighted by molar-refractivity contribution is 5.81. The molecule has 23 heavy (non-hydrogen) atoms. The van der Waals surface area contributed by atoms with Gasteiger partial charge >= 0.3 is 0 Å². The molecule has 1 aromatic rings. The van der Waals surface area contributed by atoms with Crippen molar-refractivity contribution in [3.8, 4) is 6.07 Å². The van der Waals surface area contributed by atoms with Crippen molar-refractivity contribution >= 4 is 11.6 Å². The van der Waals surface area contributed by atoms with Gasteiger partial charge < -0.3 is 15.3 Å². The van der Waals surface area contributed by atoms with E-state index in [0.717, 1.165) is 12.8 Å². The number of hydrogen-bond donors (Lipinski definition) is 2. The van der Waals surface area contributed by atoms with Crippen molar-refractivity contribution in [2.45, 2.75) is 37.8 Å². The second-order valence-corrected chi connectivity index (χ2v) is 6.30. The Morgan fingerprint density at radius 1 is 1.35 bits per heavy atom. The summed E-state index contributed by atoms with van der Waals surface area (Å²) in [7, 11) is 0. The van der Waals surface area contributed by atoms with Crippen molar-refractivity contribution in [1.82, 2.24) is 5.32 Å². The van der Waals surface area contributed by atoms with E-state index >= 15 is 0 Å². The van der Waals surface area contributed by atoms with Gasteiger partial charge in [0.25, 0.3) is 0 Å². The minimum Gasteiger partial charge on any atom is -0.383 e. The SMILES string of the molecule is N#Cc1c(F)cccc1N1CCC([C@@H](O)C(=O)NC2CC2)CC1. The van der Waals surface area contributed by atoms with Crippen molar-refractivity contribution in [1.29, 1.82) is 5.26 Å². The maximum atomic E-state index is 13.7. The Morgan fingerprint density at radius 2 is 2.04 bits per heavy atom. The summed E-state index contributed by atoms with van der Waals surface area (Å²) in [4.78, 5) is 13.9. The molecule has 0 radical (unpaired) electrons. The molecule has 6 heteroatoms. The van der Waals surface area contributed by atoms with Gasteiger partial charge in [0.15, 0.2) is 0 Å². The van der Waals surface area contributed by atoms with Gasteiger partial charge in [-0.3, -0.25) is 4.79 Å². The third kappa shape index (κ3) is 3.45. The zero-order chi connectivity index (χ0) is 16.4. The van der Waals surface area contributed by atoms with E-state index in [1.807, 2.05) is 11.0 Å². The number of carbonyl (C=O) groups is 1. The summed E-state index contributed by atoms with van der Waals surface area (Å²) in [5.41, 5.74) is 0.640. The maximum Gasteiger partial charge on any atom is 0.249 e.